The maximum atomic E-state index is 13.0. The Morgan fingerprint density at radius 2 is 1.75 bits per heavy atom. The summed E-state index contributed by atoms with van der Waals surface area (Å²) in [5.74, 6) is 0.132. The second kappa shape index (κ2) is 6.80. The zero-order valence-electron chi connectivity index (χ0n) is 15.9. The number of benzene rings is 3. The molecule has 5 rings (SSSR count). The van der Waals surface area contributed by atoms with Crippen LogP contribution in [0.1, 0.15) is 15.9 Å². The molecule has 28 heavy (non-hydrogen) atoms. The van der Waals surface area contributed by atoms with Crippen LogP contribution in [0.15, 0.2) is 54.6 Å². The Morgan fingerprint density at radius 3 is 2.54 bits per heavy atom. The molecule has 2 aliphatic rings. The number of amides is 1. The summed E-state index contributed by atoms with van der Waals surface area (Å²) in [4.78, 5) is 18.8. The number of rotatable bonds is 3. The van der Waals surface area contributed by atoms with Gasteiger partial charge in [-0.15, -0.1) is 0 Å². The van der Waals surface area contributed by atoms with Gasteiger partial charge in [0, 0.05) is 16.1 Å². The van der Waals surface area contributed by atoms with Crippen LogP contribution in [-0.2, 0) is 0 Å². The number of hydrogen-bond acceptors (Lipinski definition) is 2. The number of halogens is 1. The van der Waals surface area contributed by atoms with Gasteiger partial charge in [-0.05, 0) is 42.1 Å². The fourth-order valence-electron chi connectivity index (χ4n) is 4.50. The van der Waals surface area contributed by atoms with Crippen LogP contribution in [-0.4, -0.2) is 38.8 Å². The van der Waals surface area contributed by atoms with Gasteiger partial charge in [-0.25, -0.2) is 0 Å². The van der Waals surface area contributed by atoms with E-state index in [1.807, 2.05) is 29.2 Å². The molecule has 0 bridgehead atoms. The molecule has 0 aliphatic carbocycles. The normalized spacial score (nSPS) is 17.0. The molecule has 4 nitrogen and oxygen atoms in total. The quantitative estimate of drug-likeness (QED) is 0.741. The number of piperazine rings is 1. The zero-order valence-corrected chi connectivity index (χ0v) is 16.7. The molecule has 0 spiro atoms. The van der Waals surface area contributed by atoms with Crippen LogP contribution in [0.5, 0.6) is 0 Å². The average molecular weight is 393 g/mol. The van der Waals surface area contributed by atoms with Crippen molar-refractivity contribution in [3.63, 3.8) is 0 Å². The van der Waals surface area contributed by atoms with Crippen LogP contribution >= 0.6 is 11.6 Å². The summed E-state index contributed by atoms with van der Waals surface area (Å²) in [6.45, 7) is 6.79. The molecular formula is C23H23ClN3O+. The number of carbonyl (C=O) groups excluding carboxylic acids is 1. The Hall–Kier alpha value is -2.56. The van der Waals surface area contributed by atoms with Crippen LogP contribution < -0.4 is 14.7 Å². The van der Waals surface area contributed by atoms with E-state index >= 15 is 0 Å². The SMILES string of the molecule is Cc1ccc(Cl)cc1N1CC[NH+](CN2C(=O)c3cccc4cccc2c34)CC1. The zero-order chi connectivity index (χ0) is 19.3. The molecule has 0 radical (unpaired) electrons. The lowest BCUT2D eigenvalue weighted by Gasteiger charge is -2.36. The van der Waals surface area contributed by atoms with Gasteiger partial charge < -0.3 is 9.80 Å². The van der Waals surface area contributed by atoms with Crippen molar-refractivity contribution in [2.24, 2.45) is 0 Å². The summed E-state index contributed by atoms with van der Waals surface area (Å²) in [6, 6.07) is 18.3. The summed E-state index contributed by atoms with van der Waals surface area (Å²) in [5, 5.41) is 3.02. The van der Waals surface area contributed by atoms with E-state index in [-0.39, 0.29) is 5.91 Å². The van der Waals surface area contributed by atoms with Crippen LogP contribution in [0.25, 0.3) is 10.8 Å². The molecule has 0 saturated carbocycles. The van der Waals surface area contributed by atoms with Gasteiger partial charge in [0.1, 0.15) is 0 Å². The number of nitrogens with one attached hydrogen (secondary N) is 1. The monoisotopic (exact) mass is 392 g/mol. The predicted octanol–water partition coefficient (Wildman–Crippen LogP) is 3.12. The minimum absolute atomic E-state index is 0.132. The third-order valence-corrected chi connectivity index (χ3v) is 6.25. The average Bonchev–Trinajstić information content (AvgIpc) is 2.99. The second-order valence-corrected chi connectivity index (χ2v) is 8.18. The van der Waals surface area contributed by atoms with E-state index in [9.17, 15) is 4.79 Å². The first-order valence-corrected chi connectivity index (χ1v) is 10.2. The molecule has 1 N–H and O–H groups in total. The first-order valence-electron chi connectivity index (χ1n) is 9.80. The Bertz CT molecular complexity index is 1070. The first-order chi connectivity index (χ1) is 13.6. The van der Waals surface area contributed by atoms with E-state index in [1.165, 1.54) is 16.2 Å². The summed E-state index contributed by atoms with van der Waals surface area (Å²) >= 11 is 6.20. The molecule has 1 saturated heterocycles. The van der Waals surface area contributed by atoms with E-state index in [2.05, 4.69) is 42.2 Å². The van der Waals surface area contributed by atoms with Gasteiger partial charge in [-0.1, -0.05) is 41.9 Å². The Balaban J connectivity index is 1.32. The van der Waals surface area contributed by atoms with Crippen molar-refractivity contribution in [2.75, 3.05) is 42.6 Å². The highest BCUT2D eigenvalue weighted by Gasteiger charge is 2.33. The van der Waals surface area contributed by atoms with Crippen molar-refractivity contribution in [3.05, 3.63) is 70.7 Å². The van der Waals surface area contributed by atoms with Crippen LogP contribution in [0.3, 0.4) is 0 Å². The van der Waals surface area contributed by atoms with Gasteiger partial charge in [0.15, 0.2) is 6.67 Å². The summed E-state index contributed by atoms with van der Waals surface area (Å²) in [7, 11) is 0. The molecule has 3 aromatic carbocycles. The second-order valence-electron chi connectivity index (χ2n) is 7.74. The van der Waals surface area contributed by atoms with Crippen molar-refractivity contribution in [1.29, 1.82) is 0 Å². The smallest absolute Gasteiger partial charge is 0.263 e. The van der Waals surface area contributed by atoms with Crippen LogP contribution in [0.4, 0.5) is 11.4 Å². The molecule has 1 amide bonds. The van der Waals surface area contributed by atoms with E-state index in [4.69, 9.17) is 11.6 Å². The minimum Gasteiger partial charge on any atom is -0.360 e. The standard InChI is InChI=1S/C23H22ClN3O/c1-16-8-9-18(24)14-21(16)26-12-10-25(11-13-26)15-27-20-7-3-5-17-4-2-6-19(22(17)20)23(27)28/h2-9,14H,10-13,15H2,1H3/p+1. The van der Waals surface area contributed by atoms with E-state index < -0.39 is 0 Å². The molecule has 0 aromatic heterocycles. The molecule has 2 heterocycles. The molecule has 0 atom stereocenters. The molecular weight excluding hydrogens is 370 g/mol. The van der Waals surface area contributed by atoms with Crippen LogP contribution in [0.2, 0.25) is 5.02 Å². The van der Waals surface area contributed by atoms with E-state index in [0.29, 0.717) is 0 Å². The lowest BCUT2D eigenvalue weighted by Crippen LogP contribution is -3.16. The predicted molar refractivity (Wildman–Crippen MR) is 115 cm³/mol. The molecule has 1 fully saturated rings. The van der Waals surface area contributed by atoms with Crippen molar-refractivity contribution in [3.8, 4) is 0 Å². The van der Waals surface area contributed by atoms with E-state index in [0.717, 1.165) is 59.9 Å². The lowest BCUT2D eigenvalue weighted by atomic mass is 10.1. The van der Waals surface area contributed by atoms with Crippen molar-refractivity contribution < 1.29 is 9.69 Å². The Labute approximate surface area is 169 Å². The Kier molecular flexibility index (Phi) is 4.26. The van der Waals surface area contributed by atoms with Gasteiger partial charge in [-0.2, -0.15) is 0 Å². The largest absolute Gasteiger partial charge is 0.360 e. The topological polar surface area (TPSA) is 28.0 Å². The first kappa shape index (κ1) is 17.5. The number of hydrogen-bond donors (Lipinski definition) is 1. The number of quaternary nitrogens is 1. The maximum absolute atomic E-state index is 13.0. The van der Waals surface area contributed by atoms with E-state index in [1.54, 1.807) is 0 Å². The summed E-state index contributed by atoms with van der Waals surface area (Å²) in [6.07, 6.45) is 0. The highest BCUT2D eigenvalue weighted by Crippen LogP contribution is 2.36. The highest BCUT2D eigenvalue weighted by molar-refractivity contribution is 6.30. The molecule has 142 valence electrons. The minimum atomic E-state index is 0.132. The number of aryl methyl sites for hydroxylation is 1. The van der Waals surface area contributed by atoms with Gasteiger partial charge in [0.25, 0.3) is 5.91 Å². The molecule has 2 aliphatic heterocycles. The number of carbonyl (C=O) groups is 1. The number of anilines is 2. The van der Waals surface area contributed by atoms with Gasteiger partial charge in [0.05, 0.1) is 37.4 Å². The maximum Gasteiger partial charge on any atom is 0.263 e. The van der Waals surface area contributed by atoms with Crippen LogP contribution in [0, 0.1) is 6.92 Å². The third kappa shape index (κ3) is 2.84. The lowest BCUT2D eigenvalue weighted by molar-refractivity contribution is -0.899. The Morgan fingerprint density at radius 1 is 1.00 bits per heavy atom. The summed E-state index contributed by atoms with van der Waals surface area (Å²) < 4.78 is 0. The molecule has 5 heteroatoms. The van der Waals surface area contributed by atoms with Gasteiger partial charge in [-0.3, -0.25) is 9.69 Å². The van der Waals surface area contributed by atoms with Crippen molar-refractivity contribution in [1.82, 2.24) is 0 Å². The van der Waals surface area contributed by atoms with Crippen molar-refractivity contribution >= 4 is 39.7 Å². The summed E-state index contributed by atoms with van der Waals surface area (Å²) in [5.41, 5.74) is 4.37. The molecule has 0 unspecified atom stereocenters. The fraction of sp³-hybridized carbons (Fsp3) is 0.261. The van der Waals surface area contributed by atoms with Gasteiger partial charge >= 0.3 is 0 Å². The van der Waals surface area contributed by atoms with Gasteiger partial charge in [0.2, 0.25) is 0 Å². The highest BCUT2D eigenvalue weighted by atomic mass is 35.5. The number of nitrogens with zero attached hydrogens (tertiary/aromatic N) is 2. The molecule has 3 aromatic rings. The van der Waals surface area contributed by atoms with Crippen molar-refractivity contribution in [2.45, 2.75) is 6.92 Å². The fourth-order valence-corrected chi connectivity index (χ4v) is 4.67. The third-order valence-electron chi connectivity index (χ3n) is 6.01.